The van der Waals surface area contributed by atoms with E-state index >= 15 is 0 Å². The molecule has 4 heteroatoms. The minimum atomic E-state index is -0.218. The van der Waals surface area contributed by atoms with E-state index in [0.717, 1.165) is 10.9 Å². The minimum Gasteiger partial charge on any atom is -0.450 e. The van der Waals surface area contributed by atoms with E-state index in [0.29, 0.717) is 11.3 Å². The molecule has 0 fully saturated rings. The van der Waals surface area contributed by atoms with Gasteiger partial charge >= 0.3 is 5.56 Å². The SMILES string of the molecule is Cn1ncc2cc(-c3ccccc3)oc2c1=O. The molecule has 0 unspecified atom stereocenters. The quantitative estimate of drug-likeness (QED) is 0.639. The summed E-state index contributed by atoms with van der Waals surface area (Å²) in [6, 6.07) is 11.5. The van der Waals surface area contributed by atoms with Gasteiger partial charge in [-0.2, -0.15) is 5.10 Å². The van der Waals surface area contributed by atoms with Crippen LogP contribution in [-0.4, -0.2) is 9.78 Å². The van der Waals surface area contributed by atoms with Gasteiger partial charge in [0, 0.05) is 18.0 Å². The van der Waals surface area contributed by atoms with E-state index in [1.165, 1.54) is 4.68 Å². The molecule has 0 saturated carbocycles. The molecule has 3 aromatic rings. The van der Waals surface area contributed by atoms with Crippen molar-refractivity contribution in [3.05, 3.63) is 52.9 Å². The van der Waals surface area contributed by atoms with Crippen molar-refractivity contribution in [3.8, 4) is 11.3 Å². The number of nitrogens with zero attached hydrogens (tertiary/aromatic N) is 2. The Hall–Kier alpha value is -2.36. The van der Waals surface area contributed by atoms with Crippen LogP contribution in [0.1, 0.15) is 0 Å². The largest absolute Gasteiger partial charge is 0.450 e. The first-order valence-electron chi connectivity index (χ1n) is 5.27. The molecule has 0 bridgehead atoms. The van der Waals surface area contributed by atoms with E-state index in [-0.39, 0.29) is 5.56 Å². The van der Waals surface area contributed by atoms with Crippen LogP contribution in [0.2, 0.25) is 0 Å². The number of fused-ring (bicyclic) bond motifs is 1. The van der Waals surface area contributed by atoms with Crippen molar-refractivity contribution in [2.24, 2.45) is 7.05 Å². The monoisotopic (exact) mass is 226 g/mol. The molecule has 0 radical (unpaired) electrons. The van der Waals surface area contributed by atoms with Crippen LogP contribution in [0, 0.1) is 0 Å². The number of hydrogen-bond donors (Lipinski definition) is 0. The van der Waals surface area contributed by atoms with E-state index in [1.807, 2.05) is 36.4 Å². The Labute approximate surface area is 97.1 Å². The number of rotatable bonds is 1. The number of benzene rings is 1. The van der Waals surface area contributed by atoms with Gasteiger partial charge in [-0.1, -0.05) is 30.3 Å². The Kier molecular flexibility index (Phi) is 2.08. The molecule has 4 nitrogen and oxygen atoms in total. The van der Waals surface area contributed by atoms with E-state index < -0.39 is 0 Å². The smallest absolute Gasteiger partial charge is 0.310 e. The molecule has 0 atom stereocenters. The van der Waals surface area contributed by atoms with Crippen LogP contribution in [0.25, 0.3) is 22.3 Å². The van der Waals surface area contributed by atoms with Gasteiger partial charge < -0.3 is 4.42 Å². The summed E-state index contributed by atoms with van der Waals surface area (Å²) >= 11 is 0. The highest BCUT2D eigenvalue weighted by atomic mass is 16.3. The second-order valence-corrected chi connectivity index (χ2v) is 3.83. The molecule has 1 aromatic carbocycles. The third-order valence-electron chi connectivity index (χ3n) is 2.68. The van der Waals surface area contributed by atoms with E-state index in [1.54, 1.807) is 13.2 Å². The van der Waals surface area contributed by atoms with Crippen molar-refractivity contribution in [2.75, 3.05) is 0 Å². The second-order valence-electron chi connectivity index (χ2n) is 3.83. The summed E-state index contributed by atoms with van der Waals surface area (Å²) in [7, 11) is 1.60. The molecule has 0 saturated heterocycles. The maximum Gasteiger partial charge on any atom is 0.310 e. The normalized spacial score (nSPS) is 10.9. The zero-order valence-corrected chi connectivity index (χ0v) is 9.25. The Morgan fingerprint density at radius 1 is 1.24 bits per heavy atom. The van der Waals surface area contributed by atoms with Crippen molar-refractivity contribution in [3.63, 3.8) is 0 Å². The Bertz CT molecular complexity index is 726. The third-order valence-corrected chi connectivity index (χ3v) is 2.68. The lowest BCUT2D eigenvalue weighted by molar-refractivity contribution is 0.609. The average Bonchev–Trinajstić information content (AvgIpc) is 2.80. The van der Waals surface area contributed by atoms with Crippen LogP contribution in [0.4, 0.5) is 0 Å². The molecular formula is C13H10N2O2. The van der Waals surface area contributed by atoms with Crippen LogP contribution in [0.15, 0.2) is 51.8 Å². The van der Waals surface area contributed by atoms with Crippen molar-refractivity contribution < 1.29 is 4.42 Å². The molecule has 0 spiro atoms. The fourth-order valence-electron chi connectivity index (χ4n) is 1.76. The fraction of sp³-hybridized carbons (Fsp3) is 0.0769. The first-order chi connectivity index (χ1) is 8.25. The molecule has 2 heterocycles. The lowest BCUT2D eigenvalue weighted by atomic mass is 10.2. The predicted octanol–water partition coefficient (Wildman–Crippen LogP) is 2.19. The highest BCUT2D eigenvalue weighted by Gasteiger charge is 2.09. The number of aromatic nitrogens is 2. The predicted molar refractivity (Wildman–Crippen MR) is 64.7 cm³/mol. The van der Waals surface area contributed by atoms with Crippen LogP contribution >= 0.6 is 0 Å². The van der Waals surface area contributed by atoms with Crippen LogP contribution in [0.3, 0.4) is 0 Å². The number of aryl methyl sites for hydroxylation is 1. The van der Waals surface area contributed by atoms with Crippen molar-refractivity contribution in [1.82, 2.24) is 9.78 Å². The average molecular weight is 226 g/mol. The van der Waals surface area contributed by atoms with Gasteiger partial charge in [0.05, 0.1) is 6.20 Å². The second kappa shape index (κ2) is 3.59. The lowest BCUT2D eigenvalue weighted by Crippen LogP contribution is -2.18. The molecule has 2 aromatic heterocycles. The van der Waals surface area contributed by atoms with E-state index in [4.69, 9.17) is 4.42 Å². The highest BCUT2D eigenvalue weighted by Crippen LogP contribution is 2.24. The summed E-state index contributed by atoms with van der Waals surface area (Å²) in [5.41, 5.74) is 1.08. The topological polar surface area (TPSA) is 48.0 Å². The molecule has 84 valence electrons. The number of furan rings is 1. The van der Waals surface area contributed by atoms with Gasteiger partial charge in [-0.05, 0) is 6.07 Å². The maximum atomic E-state index is 11.8. The van der Waals surface area contributed by atoms with Crippen LogP contribution in [-0.2, 0) is 7.05 Å². The maximum absolute atomic E-state index is 11.8. The Balaban J connectivity index is 2.28. The first kappa shape index (κ1) is 9.84. The minimum absolute atomic E-state index is 0.218. The first-order valence-corrected chi connectivity index (χ1v) is 5.27. The molecule has 0 aliphatic rings. The zero-order valence-electron chi connectivity index (χ0n) is 9.25. The van der Waals surface area contributed by atoms with Gasteiger partial charge in [0.15, 0.2) is 0 Å². The summed E-state index contributed by atoms with van der Waals surface area (Å²) in [6.45, 7) is 0. The molecule has 3 rings (SSSR count). The summed E-state index contributed by atoms with van der Waals surface area (Å²) in [6.07, 6.45) is 1.63. The molecule has 0 amide bonds. The summed E-state index contributed by atoms with van der Waals surface area (Å²) in [5.74, 6) is 0.686. The highest BCUT2D eigenvalue weighted by molar-refractivity contribution is 5.81. The molecular weight excluding hydrogens is 216 g/mol. The van der Waals surface area contributed by atoms with Gasteiger partial charge in [-0.15, -0.1) is 0 Å². The number of hydrogen-bond acceptors (Lipinski definition) is 3. The fourth-order valence-corrected chi connectivity index (χ4v) is 1.76. The molecule has 0 N–H and O–H groups in total. The van der Waals surface area contributed by atoms with E-state index in [9.17, 15) is 4.79 Å². The van der Waals surface area contributed by atoms with Gasteiger partial charge in [0.25, 0.3) is 0 Å². The standard InChI is InChI=1S/C13H10N2O2/c1-15-13(16)12-10(8-14-15)7-11(17-12)9-5-3-2-4-6-9/h2-8H,1H3. The summed E-state index contributed by atoms with van der Waals surface area (Å²) in [5, 5.41) is 4.69. The molecule has 0 aliphatic carbocycles. The van der Waals surface area contributed by atoms with Gasteiger partial charge in [0.2, 0.25) is 5.58 Å². The van der Waals surface area contributed by atoms with Crippen molar-refractivity contribution in [1.29, 1.82) is 0 Å². The van der Waals surface area contributed by atoms with Crippen LogP contribution in [0.5, 0.6) is 0 Å². The van der Waals surface area contributed by atoms with Crippen molar-refractivity contribution in [2.45, 2.75) is 0 Å². The van der Waals surface area contributed by atoms with Crippen LogP contribution < -0.4 is 5.56 Å². The zero-order chi connectivity index (χ0) is 11.8. The van der Waals surface area contributed by atoms with E-state index in [2.05, 4.69) is 5.10 Å². The molecule has 17 heavy (non-hydrogen) atoms. The molecule has 0 aliphatic heterocycles. The van der Waals surface area contributed by atoms with Gasteiger partial charge in [0.1, 0.15) is 5.76 Å². The summed E-state index contributed by atoms with van der Waals surface area (Å²) in [4.78, 5) is 11.8. The Morgan fingerprint density at radius 3 is 2.76 bits per heavy atom. The third kappa shape index (κ3) is 1.54. The lowest BCUT2D eigenvalue weighted by Gasteiger charge is -1.94. The van der Waals surface area contributed by atoms with Gasteiger partial charge in [-0.3, -0.25) is 4.79 Å². The summed E-state index contributed by atoms with van der Waals surface area (Å²) < 4.78 is 6.86. The van der Waals surface area contributed by atoms with Gasteiger partial charge in [-0.25, -0.2) is 4.68 Å². The Morgan fingerprint density at radius 2 is 2.00 bits per heavy atom. The van der Waals surface area contributed by atoms with Crippen molar-refractivity contribution >= 4 is 11.0 Å².